The highest BCUT2D eigenvalue weighted by Crippen LogP contribution is 2.32. The summed E-state index contributed by atoms with van der Waals surface area (Å²) in [7, 11) is 1.62. The molecule has 168 valence electrons. The second kappa shape index (κ2) is 10.7. The van der Waals surface area contributed by atoms with E-state index in [0.717, 1.165) is 27.6 Å². The van der Waals surface area contributed by atoms with E-state index in [9.17, 15) is 9.59 Å². The van der Waals surface area contributed by atoms with Crippen molar-refractivity contribution < 1.29 is 14.3 Å². The molecule has 0 aliphatic carbocycles. The highest BCUT2D eigenvalue weighted by molar-refractivity contribution is 8.00. The third-order valence-corrected chi connectivity index (χ3v) is 6.10. The van der Waals surface area contributed by atoms with Crippen LogP contribution in [0.1, 0.15) is 27.2 Å². The van der Waals surface area contributed by atoms with Crippen molar-refractivity contribution in [2.75, 3.05) is 23.5 Å². The summed E-state index contributed by atoms with van der Waals surface area (Å²) in [5.74, 6) is 0.871. The Hall–Kier alpha value is -2.84. The standard InChI is InChI=1S/C24H27N3O3S2/c1-24(2,3)13-21(28)25-16-9-11-17(12-10-16)31-15-22(29)27-23-26-19(14-32-23)18-7-5-6-8-20(18)30-4/h5-12,14H,13,15H2,1-4H3,(H,25,28)(H,26,27,29). The number of carbonyl (C=O) groups excluding carboxylic acids is 2. The summed E-state index contributed by atoms with van der Waals surface area (Å²) in [5.41, 5.74) is 2.34. The minimum atomic E-state index is -0.126. The van der Waals surface area contributed by atoms with Crippen molar-refractivity contribution in [1.82, 2.24) is 4.98 Å². The molecule has 0 radical (unpaired) electrons. The smallest absolute Gasteiger partial charge is 0.236 e. The lowest BCUT2D eigenvalue weighted by molar-refractivity contribution is -0.118. The summed E-state index contributed by atoms with van der Waals surface area (Å²) in [6, 6.07) is 15.1. The van der Waals surface area contributed by atoms with E-state index in [4.69, 9.17) is 4.74 Å². The van der Waals surface area contributed by atoms with Crippen LogP contribution in [-0.4, -0.2) is 29.7 Å². The van der Waals surface area contributed by atoms with Gasteiger partial charge in [0.1, 0.15) is 5.75 Å². The molecule has 3 aromatic rings. The molecule has 8 heteroatoms. The first-order valence-electron chi connectivity index (χ1n) is 10.1. The number of nitrogens with one attached hydrogen (secondary N) is 2. The summed E-state index contributed by atoms with van der Waals surface area (Å²) in [6.45, 7) is 6.09. The average molecular weight is 470 g/mol. The van der Waals surface area contributed by atoms with Crippen molar-refractivity contribution in [3.8, 4) is 17.0 Å². The number of aromatic nitrogens is 1. The molecular weight excluding hydrogens is 442 g/mol. The predicted octanol–water partition coefficient (Wildman–Crippen LogP) is 5.92. The molecule has 0 aliphatic heterocycles. The normalized spacial score (nSPS) is 11.1. The van der Waals surface area contributed by atoms with Crippen LogP contribution in [0.25, 0.3) is 11.3 Å². The molecule has 6 nitrogen and oxygen atoms in total. The lowest BCUT2D eigenvalue weighted by atomic mass is 9.92. The molecule has 0 fully saturated rings. The topological polar surface area (TPSA) is 80.3 Å². The number of rotatable bonds is 8. The Balaban J connectivity index is 1.50. The second-order valence-corrected chi connectivity index (χ2v) is 10.3. The Morgan fingerprint density at radius 3 is 2.44 bits per heavy atom. The summed E-state index contributed by atoms with van der Waals surface area (Å²) in [4.78, 5) is 29.9. The molecule has 0 saturated heterocycles. The Morgan fingerprint density at radius 1 is 1.03 bits per heavy atom. The fraction of sp³-hybridized carbons (Fsp3) is 0.292. The molecule has 3 rings (SSSR count). The number of nitrogens with zero attached hydrogens (tertiary/aromatic N) is 1. The zero-order valence-electron chi connectivity index (χ0n) is 18.6. The molecular formula is C24H27N3O3S2. The molecule has 1 heterocycles. The first-order valence-corrected chi connectivity index (χ1v) is 12.0. The van der Waals surface area contributed by atoms with Crippen molar-refractivity contribution in [2.45, 2.75) is 32.1 Å². The van der Waals surface area contributed by atoms with Gasteiger partial charge in [0.05, 0.1) is 18.6 Å². The molecule has 32 heavy (non-hydrogen) atoms. The van der Waals surface area contributed by atoms with Crippen LogP contribution in [0, 0.1) is 5.41 Å². The first kappa shape index (κ1) is 23.8. The van der Waals surface area contributed by atoms with Gasteiger partial charge in [0.15, 0.2) is 5.13 Å². The van der Waals surface area contributed by atoms with E-state index >= 15 is 0 Å². The van der Waals surface area contributed by atoms with Crippen LogP contribution in [-0.2, 0) is 9.59 Å². The lowest BCUT2D eigenvalue weighted by Gasteiger charge is -2.17. The van der Waals surface area contributed by atoms with Crippen molar-refractivity contribution in [3.05, 3.63) is 53.9 Å². The van der Waals surface area contributed by atoms with Gasteiger partial charge < -0.3 is 15.4 Å². The molecule has 0 saturated carbocycles. The minimum absolute atomic E-state index is 0.00628. The lowest BCUT2D eigenvalue weighted by Crippen LogP contribution is -2.19. The molecule has 0 atom stereocenters. The predicted molar refractivity (Wildman–Crippen MR) is 133 cm³/mol. The van der Waals surface area contributed by atoms with Gasteiger partial charge in [-0.2, -0.15) is 0 Å². The van der Waals surface area contributed by atoms with Crippen LogP contribution in [0.2, 0.25) is 0 Å². The number of anilines is 2. The zero-order valence-corrected chi connectivity index (χ0v) is 20.2. The molecule has 1 aromatic heterocycles. The number of amides is 2. The fourth-order valence-electron chi connectivity index (χ4n) is 2.94. The summed E-state index contributed by atoms with van der Waals surface area (Å²) >= 11 is 2.80. The van der Waals surface area contributed by atoms with E-state index in [2.05, 4.69) is 15.6 Å². The van der Waals surface area contributed by atoms with Gasteiger partial charge in [-0.15, -0.1) is 23.1 Å². The Morgan fingerprint density at radius 2 is 1.75 bits per heavy atom. The van der Waals surface area contributed by atoms with Crippen LogP contribution >= 0.6 is 23.1 Å². The third-order valence-electron chi connectivity index (χ3n) is 4.33. The van der Waals surface area contributed by atoms with Gasteiger partial charge in [0.25, 0.3) is 0 Å². The van der Waals surface area contributed by atoms with Crippen LogP contribution in [0.5, 0.6) is 5.75 Å². The van der Waals surface area contributed by atoms with Crippen LogP contribution in [0.15, 0.2) is 58.8 Å². The summed E-state index contributed by atoms with van der Waals surface area (Å²) in [6.07, 6.45) is 0.458. The van der Waals surface area contributed by atoms with Gasteiger partial charge in [-0.25, -0.2) is 4.98 Å². The Bertz CT molecular complexity index is 1070. The number of methoxy groups -OCH3 is 1. The van der Waals surface area contributed by atoms with E-state index in [0.29, 0.717) is 11.6 Å². The highest BCUT2D eigenvalue weighted by atomic mass is 32.2. The van der Waals surface area contributed by atoms with Gasteiger partial charge in [-0.05, 0) is 41.8 Å². The summed E-state index contributed by atoms with van der Waals surface area (Å²) < 4.78 is 5.38. The number of thioether (sulfide) groups is 1. The largest absolute Gasteiger partial charge is 0.496 e. The highest BCUT2D eigenvalue weighted by Gasteiger charge is 2.16. The SMILES string of the molecule is COc1ccccc1-c1csc(NC(=O)CSc2ccc(NC(=O)CC(C)(C)C)cc2)n1. The van der Waals surface area contributed by atoms with Gasteiger partial charge in [0.2, 0.25) is 11.8 Å². The van der Waals surface area contributed by atoms with Crippen LogP contribution in [0.4, 0.5) is 10.8 Å². The fourth-order valence-corrected chi connectivity index (χ4v) is 4.36. The average Bonchev–Trinajstić information content (AvgIpc) is 3.20. The molecule has 0 bridgehead atoms. The molecule has 0 aliphatic rings. The number of ether oxygens (including phenoxy) is 1. The Kier molecular flexibility index (Phi) is 7.93. The number of carbonyl (C=O) groups is 2. The van der Waals surface area contributed by atoms with Crippen molar-refractivity contribution in [1.29, 1.82) is 0 Å². The van der Waals surface area contributed by atoms with E-state index in [-0.39, 0.29) is 23.0 Å². The Labute approximate surface area is 196 Å². The number of hydrogen-bond donors (Lipinski definition) is 2. The number of para-hydroxylation sites is 1. The number of thiazole rings is 1. The second-order valence-electron chi connectivity index (χ2n) is 8.39. The number of benzene rings is 2. The van der Waals surface area contributed by atoms with Crippen LogP contribution in [0.3, 0.4) is 0 Å². The maximum atomic E-state index is 12.4. The maximum absolute atomic E-state index is 12.4. The molecule has 2 N–H and O–H groups in total. The van der Waals surface area contributed by atoms with E-state index < -0.39 is 0 Å². The van der Waals surface area contributed by atoms with Gasteiger partial charge >= 0.3 is 0 Å². The van der Waals surface area contributed by atoms with Gasteiger partial charge in [-0.3, -0.25) is 9.59 Å². The van der Waals surface area contributed by atoms with E-state index in [1.165, 1.54) is 23.1 Å². The van der Waals surface area contributed by atoms with Crippen molar-refractivity contribution in [2.24, 2.45) is 5.41 Å². The maximum Gasteiger partial charge on any atom is 0.236 e. The molecule has 2 amide bonds. The molecule has 0 unspecified atom stereocenters. The minimum Gasteiger partial charge on any atom is -0.496 e. The van der Waals surface area contributed by atoms with Gasteiger partial charge in [-0.1, -0.05) is 32.9 Å². The van der Waals surface area contributed by atoms with Crippen molar-refractivity contribution in [3.63, 3.8) is 0 Å². The first-order chi connectivity index (χ1) is 15.2. The number of hydrogen-bond acceptors (Lipinski definition) is 6. The zero-order chi connectivity index (χ0) is 23.1. The third kappa shape index (κ3) is 7.10. The van der Waals surface area contributed by atoms with E-state index in [1.54, 1.807) is 7.11 Å². The van der Waals surface area contributed by atoms with Gasteiger partial charge in [0, 0.05) is 27.9 Å². The summed E-state index contributed by atoms with van der Waals surface area (Å²) in [5, 5.41) is 8.20. The van der Waals surface area contributed by atoms with Crippen LogP contribution < -0.4 is 15.4 Å². The van der Waals surface area contributed by atoms with Crippen molar-refractivity contribution >= 4 is 45.7 Å². The monoisotopic (exact) mass is 469 g/mol. The quantitative estimate of drug-likeness (QED) is 0.400. The van der Waals surface area contributed by atoms with E-state index in [1.807, 2.05) is 74.7 Å². The molecule has 2 aromatic carbocycles. The molecule has 0 spiro atoms.